The van der Waals surface area contributed by atoms with Crippen LogP contribution in [0.2, 0.25) is 0 Å². The number of hydrogen-bond acceptors (Lipinski definition) is 3. The highest BCUT2D eigenvalue weighted by Gasteiger charge is 2.57. The molecule has 2 aliphatic heterocycles. The minimum Gasteiger partial charge on any atom is -0.491 e. The lowest BCUT2D eigenvalue weighted by Crippen LogP contribution is -2.44. The molecule has 2 fully saturated rings. The van der Waals surface area contributed by atoms with Crippen molar-refractivity contribution in [1.29, 1.82) is 0 Å². The molecule has 112 valence electrons. The van der Waals surface area contributed by atoms with Crippen molar-refractivity contribution in [1.82, 2.24) is 10.6 Å². The zero-order valence-electron chi connectivity index (χ0n) is 12.2. The molecule has 1 saturated heterocycles. The van der Waals surface area contributed by atoms with Crippen molar-refractivity contribution in [3.8, 4) is 5.75 Å². The van der Waals surface area contributed by atoms with Gasteiger partial charge in [-0.3, -0.25) is 4.79 Å². The van der Waals surface area contributed by atoms with E-state index in [1.54, 1.807) is 0 Å². The molecule has 21 heavy (non-hydrogen) atoms. The number of piperidine rings is 1. The maximum Gasteiger partial charge on any atom is 0.224 e. The molecule has 2 heterocycles. The van der Waals surface area contributed by atoms with Gasteiger partial charge in [0.25, 0.3) is 0 Å². The third-order valence-corrected chi connectivity index (χ3v) is 5.33. The highest BCUT2D eigenvalue weighted by atomic mass is 16.5. The Morgan fingerprint density at radius 3 is 2.95 bits per heavy atom. The number of fused-ring (bicyclic) bond motifs is 1. The zero-order chi connectivity index (χ0) is 14.3. The molecule has 1 amide bonds. The molecular formula is C17H22N2O2. The molecule has 1 aliphatic carbocycles. The van der Waals surface area contributed by atoms with E-state index in [-0.39, 0.29) is 17.9 Å². The van der Waals surface area contributed by atoms with Crippen LogP contribution in [0.1, 0.15) is 24.8 Å². The number of ether oxygens (including phenoxy) is 1. The molecule has 4 nitrogen and oxygen atoms in total. The van der Waals surface area contributed by atoms with E-state index in [1.807, 2.05) is 18.2 Å². The highest BCUT2D eigenvalue weighted by Crippen LogP contribution is 2.58. The monoisotopic (exact) mass is 286 g/mol. The Balaban J connectivity index is 1.36. The standard InChI is InChI=1S/C17H22N2O2/c20-16(14-10-17(14)5-7-18-8-6-17)19-13-9-12-3-1-2-4-15(12)21-11-13/h1-4,13-14,18H,5-11H2,(H,19,20). The second-order valence-electron chi connectivity index (χ2n) is 6.70. The normalized spacial score (nSPS) is 29.3. The van der Waals surface area contributed by atoms with E-state index < -0.39 is 0 Å². The molecule has 2 unspecified atom stereocenters. The fourth-order valence-electron chi connectivity index (χ4n) is 3.92. The number of amides is 1. The van der Waals surface area contributed by atoms with Gasteiger partial charge in [0.05, 0.1) is 6.04 Å². The van der Waals surface area contributed by atoms with Crippen LogP contribution in [0.15, 0.2) is 24.3 Å². The molecule has 2 N–H and O–H groups in total. The van der Waals surface area contributed by atoms with Gasteiger partial charge < -0.3 is 15.4 Å². The first-order chi connectivity index (χ1) is 10.3. The van der Waals surface area contributed by atoms with Crippen molar-refractivity contribution in [2.75, 3.05) is 19.7 Å². The highest BCUT2D eigenvalue weighted by molar-refractivity contribution is 5.83. The molecule has 1 aromatic rings. The van der Waals surface area contributed by atoms with Gasteiger partial charge in [-0.15, -0.1) is 0 Å². The molecule has 0 radical (unpaired) electrons. The van der Waals surface area contributed by atoms with E-state index in [4.69, 9.17) is 4.74 Å². The van der Waals surface area contributed by atoms with E-state index in [0.717, 1.165) is 44.5 Å². The fourth-order valence-corrected chi connectivity index (χ4v) is 3.92. The first-order valence-electron chi connectivity index (χ1n) is 7.99. The van der Waals surface area contributed by atoms with Gasteiger partial charge in [-0.1, -0.05) is 18.2 Å². The predicted octanol–water partition coefficient (Wildman–Crippen LogP) is 1.50. The minimum atomic E-state index is 0.117. The summed E-state index contributed by atoms with van der Waals surface area (Å²) in [6.45, 7) is 2.71. The van der Waals surface area contributed by atoms with Crippen molar-refractivity contribution in [3.05, 3.63) is 29.8 Å². The van der Waals surface area contributed by atoms with Crippen LogP contribution in [0.3, 0.4) is 0 Å². The number of para-hydroxylation sites is 1. The van der Waals surface area contributed by atoms with Crippen LogP contribution < -0.4 is 15.4 Å². The van der Waals surface area contributed by atoms with E-state index >= 15 is 0 Å². The van der Waals surface area contributed by atoms with Gasteiger partial charge in [0.1, 0.15) is 12.4 Å². The quantitative estimate of drug-likeness (QED) is 0.866. The second-order valence-corrected chi connectivity index (χ2v) is 6.70. The van der Waals surface area contributed by atoms with Crippen LogP contribution in [0, 0.1) is 11.3 Å². The lowest BCUT2D eigenvalue weighted by Gasteiger charge is -2.27. The number of hydrogen-bond donors (Lipinski definition) is 2. The van der Waals surface area contributed by atoms with Crippen LogP contribution in [0.4, 0.5) is 0 Å². The maximum absolute atomic E-state index is 12.5. The molecule has 1 saturated carbocycles. The number of carbonyl (C=O) groups excluding carboxylic acids is 1. The number of benzene rings is 1. The first-order valence-corrected chi connectivity index (χ1v) is 7.99. The van der Waals surface area contributed by atoms with Gasteiger partial charge in [0.2, 0.25) is 5.91 Å². The smallest absolute Gasteiger partial charge is 0.224 e. The molecular weight excluding hydrogens is 264 g/mol. The van der Waals surface area contributed by atoms with Crippen LogP contribution in [0.25, 0.3) is 0 Å². The molecule has 1 aromatic carbocycles. The van der Waals surface area contributed by atoms with Crippen molar-refractivity contribution < 1.29 is 9.53 Å². The summed E-state index contributed by atoms with van der Waals surface area (Å²) in [7, 11) is 0. The Bertz CT molecular complexity index is 551. The minimum absolute atomic E-state index is 0.117. The molecule has 1 spiro atoms. The van der Waals surface area contributed by atoms with Crippen molar-refractivity contribution >= 4 is 5.91 Å². The Morgan fingerprint density at radius 1 is 1.29 bits per heavy atom. The van der Waals surface area contributed by atoms with Gasteiger partial charge >= 0.3 is 0 Å². The van der Waals surface area contributed by atoms with Gasteiger partial charge in [0, 0.05) is 5.92 Å². The Hall–Kier alpha value is -1.55. The third kappa shape index (κ3) is 2.42. The zero-order valence-corrected chi connectivity index (χ0v) is 12.2. The van der Waals surface area contributed by atoms with E-state index in [0.29, 0.717) is 12.0 Å². The maximum atomic E-state index is 12.5. The Kier molecular flexibility index (Phi) is 3.14. The summed E-state index contributed by atoms with van der Waals surface area (Å²) in [6.07, 6.45) is 4.25. The molecule has 4 rings (SSSR count). The van der Waals surface area contributed by atoms with Crippen LogP contribution in [-0.2, 0) is 11.2 Å². The van der Waals surface area contributed by atoms with Crippen molar-refractivity contribution in [2.24, 2.45) is 11.3 Å². The summed E-state index contributed by atoms with van der Waals surface area (Å²) in [5.41, 5.74) is 1.50. The van der Waals surface area contributed by atoms with Crippen LogP contribution >= 0.6 is 0 Å². The van der Waals surface area contributed by atoms with Gasteiger partial charge in [-0.25, -0.2) is 0 Å². The fraction of sp³-hybridized carbons (Fsp3) is 0.588. The SMILES string of the molecule is O=C(NC1COc2ccccc2C1)C1CC12CCNCC2. The van der Waals surface area contributed by atoms with E-state index in [2.05, 4.69) is 16.7 Å². The van der Waals surface area contributed by atoms with E-state index in [1.165, 1.54) is 5.56 Å². The predicted molar refractivity (Wildman–Crippen MR) is 80.2 cm³/mol. The van der Waals surface area contributed by atoms with Crippen LogP contribution in [-0.4, -0.2) is 31.6 Å². The lowest BCUT2D eigenvalue weighted by molar-refractivity contribution is -0.124. The van der Waals surface area contributed by atoms with Gasteiger partial charge in [-0.05, 0) is 55.8 Å². The van der Waals surface area contributed by atoms with Crippen LogP contribution in [0.5, 0.6) is 5.75 Å². The average Bonchev–Trinajstić information content (AvgIpc) is 3.21. The van der Waals surface area contributed by atoms with Gasteiger partial charge in [-0.2, -0.15) is 0 Å². The summed E-state index contributed by atoms with van der Waals surface area (Å²) >= 11 is 0. The lowest BCUT2D eigenvalue weighted by atomic mass is 9.91. The third-order valence-electron chi connectivity index (χ3n) is 5.33. The van der Waals surface area contributed by atoms with Crippen molar-refractivity contribution in [3.63, 3.8) is 0 Å². The summed E-state index contributed by atoms with van der Waals surface area (Å²) in [4.78, 5) is 12.5. The molecule has 2 atom stereocenters. The molecule has 0 bridgehead atoms. The van der Waals surface area contributed by atoms with E-state index in [9.17, 15) is 4.79 Å². The molecule has 3 aliphatic rings. The Labute approximate surface area is 125 Å². The molecule has 0 aromatic heterocycles. The summed E-state index contributed by atoms with van der Waals surface area (Å²) in [5.74, 6) is 1.44. The number of nitrogens with one attached hydrogen (secondary N) is 2. The second kappa shape index (κ2) is 5.02. The average molecular weight is 286 g/mol. The Morgan fingerprint density at radius 2 is 2.10 bits per heavy atom. The largest absolute Gasteiger partial charge is 0.491 e. The number of rotatable bonds is 2. The summed E-state index contributed by atoms with van der Waals surface area (Å²) < 4.78 is 5.75. The topological polar surface area (TPSA) is 50.4 Å². The molecule has 4 heteroatoms. The summed E-state index contributed by atoms with van der Waals surface area (Å²) in [6, 6.07) is 8.21. The van der Waals surface area contributed by atoms with Gasteiger partial charge in [0.15, 0.2) is 0 Å². The van der Waals surface area contributed by atoms with Crippen molar-refractivity contribution in [2.45, 2.75) is 31.7 Å². The first kappa shape index (κ1) is 13.1. The number of carbonyl (C=O) groups is 1. The summed E-state index contributed by atoms with van der Waals surface area (Å²) in [5, 5.41) is 6.59.